The summed E-state index contributed by atoms with van der Waals surface area (Å²) in [6.45, 7) is 2.89. The third kappa shape index (κ3) is 2.20. The first-order chi connectivity index (χ1) is 8.81. The van der Waals surface area contributed by atoms with E-state index >= 15 is 0 Å². The van der Waals surface area contributed by atoms with Crippen LogP contribution in [0.15, 0.2) is 30.3 Å². The van der Waals surface area contributed by atoms with Crippen LogP contribution >= 0.6 is 0 Å². The average molecular weight is 243 g/mol. The van der Waals surface area contributed by atoms with Crippen molar-refractivity contribution in [1.82, 2.24) is 10.2 Å². The van der Waals surface area contributed by atoms with Crippen LogP contribution in [0, 0.1) is 6.92 Å². The molecule has 2 aromatic rings. The minimum Gasteiger partial charge on any atom is -0.454 e. The van der Waals surface area contributed by atoms with Crippen molar-refractivity contribution >= 4 is 5.82 Å². The maximum atomic E-state index is 5.33. The fourth-order valence-electron chi connectivity index (χ4n) is 1.74. The molecule has 18 heavy (non-hydrogen) atoms. The second-order valence-electron chi connectivity index (χ2n) is 4.10. The molecule has 0 aliphatic carbocycles. The van der Waals surface area contributed by atoms with E-state index in [9.17, 15) is 0 Å². The van der Waals surface area contributed by atoms with E-state index in [0.717, 1.165) is 28.6 Å². The number of aromatic nitrogens is 2. The molecule has 0 bridgehead atoms. The van der Waals surface area contributed by atoms with Gasteiger partial charge in [0, 0.05) is 6.54 Å². The second-order valence-corrected chi connectivity index (χ2v) is 4.10. The van der Waals surface area contributed by atoms with E-state index in [4.69, 9.17) is 9.47 Å². The number of rotatable bonds is 3. The summed E-state index contributed by atoms with van der Waals surface area (Å²) in [5, 5.41) is 11.3. The van der Waals surface area contributed by atoms with Crippen molar-refractivity contribution in [2.45, 2.75) is 13.5 Å². The Kier molecular flexibility index (Phi) is 2.72. The predicted octanol–water partition coefficient (Wildman–Crippen LogP) is 2.13. The Morgan fingerprint density at radius 1 is 1.11 bits per heavy atom. The van der Waals surface area contributed by atoms with Crippen molar-refractivity contribution < 1.29 is 9.47 Å². The van der Waals surface area contributed by atoms with Gasteiger partial charge in [-0.25, -0.2) is 0 Å². The van der Waals surface area contributed by atoms with Gasteiger partial charge in [0.05, 0.1) is 5.69 Å². The minimum absolute atomic E-state index is 0.301. The highest BCUT2D eigenvalue weighted by Crippen LogP contribution is 2.32. The van der Waals surface area contributed by atoms with Crippen LogP contribution in [0.4, 0.5) is 5.82 Å². The lowest BCUT2D eigenvalue weighted by atomic mass is 10.2. The quantitative estimate of drug-likeness (QED) is 0.894. The minimum atomic E-state index is 0.301. The molecule has 0 fully saturated rings. The number of fused-ring (bicyclic) bond motifs is 1. The average Bonchev–Trinajstić information content (AvgIpc) is 2.85. The maximum Gasteiger partial charge on any atom is 0.231 e. The molecule has 0 atom stereocenters. The van der Waals surface area contributed by atoms with Crippen LogP contribution in [0.25, 0.3) is 0 Å². The van der Waals surface area contributed by atoms with Gasteiger partial charge in [-0.05, 0) is 36.8 Å². The van der Waals surface area contributed by atoms with Crippen molar-refractivity contribution in [2.75, 3.05) is 12.1 Å². The molecule has 1 aliphatic heterocycles. The Hall–Kier alpha value is -2.30. The summed E-state index contributed by atoms with van der Waals surface area (Å²) in [4.78, 5) is 0. The number of hydrogen-bond acceptors (Lipinski definition) is 5. The summed E-state index contributed by atoms with van der Waals surface area (Å²) in [7, 11) is 0. The number of nitrogens with zero attached hydrogens (tertiary/aromatic N) is 2. The van der Waals surface area contributed by atoms with E-state index in [2.05, 4.69) is 15.5 Å². The fourth-order valence-corrected chi connectivity index (χ4v) is 1.74. The number of aryl methyl sites for hydroxylation is 1. The number of hydrogen-bond donors (Lipinski definition) is 1. The van der Waals surface area contributed by atoms with Crippen LogP contribution in [0.1, 0.15) is 11.3 Å². The van der Waals surface area contributed by atoms with Crippen molar-refractivity contribution in [3.63, 3.8) is 0 Å². The maximum absolute atomic E-state index is 5.33. The molecule has 0 radical (unpaired) electrons. The highest BCUT2D eigenvalue weighted by atomic mass is 16.7. The number of ether oxygens (including phenoxy) is 2. The summed E-state index contributed by atoms with van der Waals surface area (Å²) in [5.41, 5.74) is 2.02. The summed E-state index contributed by atoms with van der Waals surface area (Å²) in [6.07, 6.45) is 0. The zero-order valence-corrected chi connectivity index (χ0v) is 10.0. The summed E-state index contributed by atoms with van der Waals surface area (Å²) in [6, 6.07) is 9.73. The van der Waals surface area contributed by atoms with E-state index in [1.54, 1.807) is 0 Å². The molecule has 1 aliphatic rings. The van der Waals surface area contributed by atoms with E-state index in [-0.39, 0.29) is 0 Å². The topological polar surface area (TPSA) is 56.3 Å². The Morgan fingerprint density at radius 3 is 2.83 bits per heavy atom. The van der Waals surface area contributed by atoms with Crippen molar-refractivity contribution in [3.05, 3.63) is 41.6 Å². The molecule has 0 amide bonds. The standard InChI is InChI=1S/C13H13N3O2/c1-9-2-5-13(16-15-9)14-7-10-3-4-11-12(6-10)18-8-17-11/h2-6H,7-8H2,1H3,(H,14,16). The molecular weight excluding hydrogens is 230 g/mol. The second kappa shape index (κ2) is 4.52. The SMILES string of the molecule is Cc1ccc(NCc2ccc3c(c2)OCO3)nn1. The van der Waals surface area contributed by atoms with Gasteiger partial charge in [-0.15, -0.1) is 5.10 Å². The highest BCUT2D eigenvalue weighted by Gasteiger charge is 2.12. The molecule has 0 saturated heterocycles. The monoisotopic (exact) mass is 243 g/mol. The van der Waals surface area contributed by atoms with Crippen molar-refractivity contribution in [1.29, 1.82) is 0 Å². The van der Waals surface area contributed by atoms with Crippen LogP contribution in [-0.4, -0.2) is 17.0 Å². The van der Waals surface area contributed by atoms with Gasteiger partial charge >= 0.3 is 0 Å². The Labute approximate surface area is 105 Å². The Balaban J connectivity index is 1.68. The molecule has 92 valence electrons. The Bertz CT molecular complexity index is 555. The predicted molar refractivity (Wildman–Crippen MR) is 66.7 cm³/mol. The summed E-state index contributed by atoms with van der Waals surface area (Å²) < 4.78 is 10.6. The number of nitrogens with one attached hydrogen (secondary N) is 1. The van der Waals surface area contributed by atoms with Crippen LogP contribution < -0.4 is 14.8 Å². The Morgan fingerprint density at radius 2 is 2.00 bits per heavy atom. The normalized spacial score (nSPS) is 12.5. The van der Waals surface area contributed by atoms with Crippen LogP contribution in [0.5, 0.6) is 11.5 Å². The zero-order chi connectivity index (χ0) is 12.4. The van der Waals surface area contributed by atoms with Gasteiger partial charge < -0.3 is 14.8 Å². The first-order valence-corrected chi connectivity index (χ1v) is 5.74. The third-order valence-electron chi connectivity index (χ3n) is 2.71. The van der Waals surface area contributed by atoms with E-state index in [0.29, 0.717) is 13.3 Å². The van der Waals surface area contributed by atoms with Crippen LogP contribution in [-0.2, 0) is 6.54 Å². The van der Waals surface area contributed by atoms with Crippen LogP contribution in [0.3, 0.4) is 0 Å². The summed E-state index contributed by atoms with van der Waals surface area (Å²) >= 11 is 0. The molecule has 3 rings (SSSR count). The lowest BCUT2D eigenvalue weighted by molar-refractivity contribution is 0.174. The number of anilines is 1. The molecule has 5 heteroatoms. The third-order valence-corrected chi connectivity index (χ3v) is 2.71. The number of benzene rings is 1. The molecule has 0 saturated carbocycles. The first-order valence-electron chi connectivity index (χ1n) is 5.74. The van der Waals surface area contributed by atoms with Crippen molar-refractivity contribution in [2.24, 2.45) is 0 Å². The lowest BCUT2D eigenvalue weighted by Gasteiger charge is -2.06. The van der Waals surface area contributed by atoms with Gasteiger partial charge in [-0.1, -0.05) is 6.07 Å². The molecule has 1 N–H and O–H groups in total. The highest BCUT2D eigenvalue weighted by molar-refractivity contribution is 5.45. The van der Waals surface area contributed by atoms with Crippen LogP contribution in [0.2, 0.25) is 0 Å². The molecule has 1 aromatic heterocycles. The molecule has 0 spiro atoms. The van der Waals surface area contributed by atoms with Gasteiger partial charge in [0.25, 0.3) is 0 Å². The summed E-state index contributed by atoms with van der Waals surface area (Å²) in [5.74, 6) is 2.36. The molecule has 2 heterocycles. The van der Waals surface area contributed by atoms with Gasteiger partial charge in [-0.2, -0.15) is 5.10 Å². The molecular formula is C13H13N3O2. The largest absolute Gasteiger partial charge is 0.454 e. The van der Waals surface area contributed by atoms with E-state index < -0.39 is 0 Å². The zero-order valence-electron chi connectivity index (χ0n) is 10.0. The van der Waals surface area contributed by atoms with Crippen molar-refractivity contribution in [3.8, 4) is 11.5 Å². The first kappa shape index (κ1) is 10.8. The molecule has 1 aromatic carbocycles. The van der Waals surface area contributed by atoms with Gasteiger partial charge in [0.15, 0.2) is 11.5 Å². The van der Waals surface area contributed by atoms with Gasteiger partial charge in [0.1, 0.15) is 5.82 Å². The van der Waals surface area contributed by atoms with Gasteiger partial charge in [0.2, 0.25) is 6.79 Å². The lowest BCUT2D eigenvalue weighted by Crippen LogP contribution is -2.02. The van der Waals surface area contributed by atoms with Gasteiger partial charge in [-0.3, -0.25) is 0 Å². The molecule has 0 unspecified atom stereocenters. The van der Waals surface area contributed by atoms with E-state index in [1.165, 1.54) is 0 Å². The smallest absolute Gasteiger partial charge is 0.231 e. The molecule has 5 nitrogen and oxygen atoms in total. The fraction of sp³-hybridized carbons (Fsp3) is 0.231. The van der Waals surface area contributed by atoms with E-state index in [1.807, 2.05) is 37.3 Å².